The average Bonchev–Trinajstić information content (AvgIpc) is 3.86. The van der Waals surface area contributed by atoms with Gasteiger partial charge in [-0.1, -0.05) is 6.08 Å². The largest absolute Gasteiger partial charge is 0.472 e. The number of hydrogen-bond donors (Lipinski definition) is 8. The van der Waals surface area contributed by atoms with E-state index < -0.39 is 126 Å². The Morgan fingerprint density at radius 1 is 1.00 bits per heavy atom. The van der Waals surface area contributed by atoms with Gasteiger partial charge < -0.3 is 70.1 Å². The van der Waals surface area contributed by atoms with Crippen molar-refractivity contribution in [1.82, 2.24) is 34.3 Å². The van der Waals surface area contributed by atoms with Crippen molar-refractivity contribution in [3.05, 3.63) is 54.0 Å². The van der Waals surface area contributed by atoms with E-state index in [-0.39, 0.29) is 30.1 Å². The Morgan fingerprint density at radius 3 is 2.27 bits per heavy atom. The zero-order valence-corrected chi connectivity index (χ0v) is 36.7. The van der Waals surface area contributed by atoms with Crippen molar-refractivity contribution in [3.63, 3.8) is 0 Å². The van der Waals surface area contributed by atoms with Gasteiger partial charge in [-0.3, -0.25) is 27.7 Å². The van der Waals surface area contributed by atoms with Crippen LogP contribution in [0.5, 0.6) is 0 Å². The van der Waals surface area contributed by atoms with Crippen LogP contribution < -0.4 is 22.5 Å². The third-order valence-electron chi connectivity index (χ3n) is 9.59. The number of phosphoric acid groups is 2. The lowest BCUT2D eigenvalue weighted by Gasteiger charge is -2.29. The molecular weight excluding hydrogens is 896 g/mol. The number of carbonyl (C=O) groups excluding carboxylic acids is 3. The van der Waals surface area contributed by atoms with Crippen LogP contribution in [0.15, 0.2) is 48.3 Å². The second kappa shape index (κ2) is 20.6. The van der Waals surface area contributed by atoms with E-state index in [1.807, 2.05) is 0 Å². The molecule has 5 heterocycles. The molecule has 5 rings (SSSR count). The molecule has 64 heavy (non-hydrogen) atoms. The van der Waals surface area contributed by atoms with Crippen LogP contribution in [0.4, 0.5) is 11.6 Å². The molecule has 2 aliphatic rings. The number of nitrogens with one attached hydrogen (secondary N) is 1. The third-order valence-corrected chi connectivity index (χ3v) is 11.1. The summed E-state index contributed by atoms with van der Waals surface area (Å²) >= 11 is 0. The Hall–Kier alpha value is -4.73. The normalized spacial score (nSPS) is 25.1. The van der Waals surface area contributed by atoms with Crippen molar-refractivity contribution in [1.29, 1.82) is 0 Å². The minimum atomic E-state index is -5.45. The van der Waals surface area contributed by atoms with Gasteiger partial charge in [-0.25, -0.2) is 28.7 Å². The lowest BCUT2D eigenvalue weighted by Crippen LogP contribution is -2.50. The highest BCUT2D eigenvalue weighted by Gasteiger charge is 2.52. The van der Waals surface area contributed by atoms with E-state index >= 15 is 0 Å². The third kappa shape index (κ3) is 12.7. The molecule has 29 heteroatoms. The number of ether oxygens (including phenoxy) is 4. The number of aliphatic hydroxyl groups excluding tert-OH is 2. The lowest BCUT2D eigenvalue weighted by atomic mass is 10.1. The van der Waals surface area contributed by atoms with E-state index in [1.165, 1.54) is 36.0 Å². The van der Waals surface area contributed by atoms with Crippen LogP contribution in [-0.2, 0) is 56.0 Å². The van der Waals surface area contributed by atoms with E-state index in [4.69, 9.17) is 39.5 Å². The van der Waals surface area contributed by atoms with E-state index in [0.29, 0.717) is 5.39 Å². The number of phosphoric ester groups is 2. The summed E-state index contributed by atoms with van der Waals surface area (Å²) in [5.74, 6) is -2.35. The monoisotopic (exact) mass is 947 g/mol. The number of esters is 1. The Labute approximate surface area is 364 Å². The highest BCUT2D eigenvalue weighted by molar-refractivity contribution is 7.47. The molecule has 2 aliphatic heterocycles. The molecule has 354 valence electrons. The summed E-state index contributed by atoms with van der Waals surface area (Å²) in [6, 6.07) is 1.16. The number of anilines is 2. The molecule has 0 bridgehead atoms. The van der Waals surface area contributed by atoms with Crippen molar-refractivity contribution in [3.8, 4) is 0 Å². The number of aliphatic hydroxyl groups is 2. The zero-order chi connectivity index (χ0) is 47.3. The highest BCUT2D eigenvalue weighted by atomic mass is 31.2. The van der Waals surface area contributed by atoms with Crippen LogP contribution >= 0.6 is 15.6 Å². The number of allylic oxidation sites excluding steroid dienone is 1. The zero-order valence-electron chi connectivity index (χ0n) is 34.9. The maximum Gasteiger partial charge on any atom is 0.472 e. The van der Waals surface area contributed by atoms with Gasteiger partial charge in [0, 0.05) is 31.4 Å². The molecular formula is C35H51N9O18P2. The van der Waals surface area contributed by atoms with E-state index in [2.05, 4.69) is 31.4 Å². The van der Waals surface area contributed by atoms with Crippen LogP contribution in [0.25, 0.3) is 11.0 Å². The molecule has 0 aromatic carbocycles. The van der Waals surface area contributed by atoms with Crippen LogP contribution in [0.3, 0.4) is 0 Å². The Bertz CT molecular complexity index is 2320. The first-order valence-corrected chi connectivity index (χ1v) is 22.3. The number of fused-ring (bicyclic) bond motifs is 1. The molecule has 0 saturated carbocycles. The minimum absolute atomic E-state index is 0.0686. The second-order valence-corrected chi connectivity index (χ2v) is 18.2. The van der Waals surface area contributed by atoms with Gasteiger partial charge in [-0.05, 0) is 39.3 Å². The number of amides is 2. The van der Waals surface area contributed by atoms with Gasteiger partial charge in [0.2, 0.25) is 11.8 Å². The average molecular weight is 948 g/mol. The quantitative estimate of drug-likeness (QED) is 0.0367. The molecule has 2 amide bonds. The molecule has 1 unspecified atom stereocenters. The molecule has 0 aliphatic carbocycles. The van der Waals surface area contributed by atoms with Crippen molar-refractivity contribution in [2.75, 3.05) is 44.9 Å². The number of aromatic nitrogens is 5. The first-order valence-electron chi connectivity index (χ1n) is 19.3. The molecule has 2 saturated heterocycles. The molecule has 3 aromatic rings. The number of nitrogens with zero attached hydrogens (tertiary/aromatic N) is 6. The van der Waals surface area contributed by atoms with Crippen LogP contribution in [0.1, 0.15) is 46.1 Å². The fourth-order valence-electron chi connectivity index (χ4n) is 6.62. The summed E-state index contributed by atoms with van der Waals surface area (Å²) in [6.07, 6.45) is -8.76. The number of rotatable bonds is 20. The van der Waals surface area contributed by atoms with E-state index in [0.717, 1.165) is 22.0 Å². The molecule has 2 fully saturated rings. The predicted octanol–water partition coefficient (Wildman–Crippen LogP) is -1.38. The first kappa shape index (κ1) is 50.3. The van der Waals surface area contributed by atoms with Crippen molar-refractivity contribution >= 4 is 56.1 Å². The van der Waals surface area contributed by atoms with E-state index in [9.17, 15) is 53.2 Å². The first-order chi connectivity index (χ1) is 29.9. The molecule has 0 radical (unpaired) electrons. The van der Waals surface area contributed by atoms with Gasteiger partial charge in [0.05, 0.1) is 25.2 Å². The topological polar surface area (TPSA) is 384 Å². The van der Waals surface area contributed by atoms with Crippen molar-refractivity contribution < 1.29 is 80.9 Å². The maximum absolute atomic E-state index is 14.0. The van der Waals surface area contributed by atoms with Gasteiger partial charge in [-0.2, -0.15) is 4.98 Å². The molecule has 27 nitrogen and oxygen atoms in total. The standard InChI is InChI=1S/C35H51N9O18P2/c1-6-7-8-24(46)42(5)19(13-56-16-23(45)41-35(2,3)4)33(49)61-27-20(59-31(25(27)47)43-11-9-18-29(37)38-17-39-30(18)43)15-58-64(54,55)62-28-21(14-57-63(51,52)53)60-32(26(28)48)44-12-10-22(36)40-34(44)50/h6,9-12,17,19-21,25-28,31-32,47-48H,1,7-8,13-16H2,2-5H3,(H,41,45)(H,54,55)(H2,36,40,50)(H2,37,38,39)(H2,51,52,53)/t19-,20+,21+,25+,26+,27+,28+,31+,32+/m0/s1. The van der Waals surface area contributed by atoms with Crippen molar-refractivity contribution in [2.24, 2.45) is 0 Å². The summed E-state index contributed by atoms with van der Waals surface area (Å²) in [5, 5.41) is 26.0. The van der Waals surface area contributed by atoms with Gasteiger partial charge in [-0.15, -0.1) is 6.58 Å². The summed E-state index contributed by atoms with van der Waals surface area (Å²) in [5.41, 5.74) is 10.1. The summed E-state index contributed by atoms with van der Waals surface area (Å²) < 4.78 is 65.2. The van der Waals surface area contributed by atoms with Gasteiger partial charge >= 0.3 is 27.3 Å². The number of nitrogen functional groups attached to an aromatic ring is 2. The second-order valence-electron chi connectivity index (χ2n) is 15.6. The maximum atomic E-state index is 14.0. The minimum Gasteiger partial charge on any atom is -0.455 e. The van der Waals surface area contributed by atoms with Crippen LogP contribution in [0.2, 0.25) is 0 Å². The molecule has 0 spiro atoms. The number of carbonyl (C=O) groups is 3. The van der Waals surface area contributed by atoms with Gasteiger partial charge in [0.1, 0.15) is 60.7 Å². The SMILES string of the molecule is C=CCCC(=O)N(C)[C@@H](COCC(=O)NC(C)(C)C)C(=O)O[C@H]1[C@@H](O)[C@H](n2ccc3c(N)ncnc32)O[C@@H]1COP(=O)(O)O[C@H]1[C@@H](O)[C@H](n2ccc(N)nc2=O)O[C@@H]1COP(=O)(O)O. The summed E-state index contributed by atoms with van der Waals surface area (Å²) in [6.45, 7) is 5.72. The van der Waals surface area contributed by atoms with Crippen LogP contribution in [-0.4, -0.2) is 153 Å². The fraction of sp³-hybridized carbons (Fsp3) is 0.571. The van der Waals surface area contributed by atoms with Crippen molar-refractivity contribution in [2.45, 2.75) is 94.3 Å². The number of hydrogen-bond acceptors (Lipinski definition) is 20. The van der Waals surface area contributed by atoms with Crippen LogP contribution in [0, 0.1) is 0 Å². The molecule has 3 aromatic heterocycles. The van der Waals surface area contributed by atoms with E-state index in [1.54, 1.807) is 20.8 Å². The summed E-state index contributed by atoms with van der Waals surface area (Å²) in [4.78, 5) is 94.6. The Morgan fingerprint density at radius 2 is 1.62 bits per heavy atom. The van der Waals surface area contributed by atoms with Gasteiger partial charge in [0.25, 0.3) is 0 Å². The number of nitrogens with two attached hydrogens (primary N) is 2. The lowest BCUT2D eigenvalue weighted by molar-refractivity contribution is -0.168. The Balaban J connectivity index is 1.41. The Kier molecular flexibility index (Phi) is 16.2. The smallest absolute Gasteiger partial charge is 0.455 e. The number of likely N-dealkylation sites (N-methyl/N-ethyl adjacent to an activating group) is 1. The summed E-state index contributed by atoms with van der Waals surface area (Å²) in [7, 11) is -9.35. The fourth-order valence-corrected chi connectivity index (χ4v) is 7.93. The van der Waals surface area contributed by atoms with Gasteiger partial charge in [0.15, 0.2) is 24.6 Å². The molecule has 10 atom stereocenters. The molecule has 10 N–H and O–H groups in total. The predicted molar refractivity (Wildman–Crippen MR) is 218 cm³/mol. The highest BCUT2D eigenvalue weighted by Crippen LogP contribution is 2.50.